The number of ether oxygens (including phenoxy) is 1. The average molecular weight is 323 g/mol. The highest BCUT2D eigenvalue weighted by atomic mass is 79.9. The molecule has 0 heterocycles. The van der Waals surface area contributed by atoms with E-state index in [4.69, 9.17) is 10.5 Å². The molecule has 2 N–H and O–H groups in total. The Labute approximate surface area is 110 Å². The summed E-state index contributed by atoms with van der Waals surface area (Å²) in [5.74, 6) is 0. The van der Waals surface area contributed by atoms with Gasteiger partial charge in [0, 0.05) is 25.2 Å². The SMILES string of the molecule is COCCN(C)S(=O)(=O)c1cc(Br)ccc1N. The summed E-state index contributed by atoms with van der Waals surface area (Å²) in [4.78, 5) is 0.102. The average Bonchev–Trinajstić information content (AvgIpc) is 2.28. The number of nitrogens with zero attached hydrogens (tertiary/aromatic N) is 1. The summed E-state index contributed by atoms with van der Waals surface area (Å²) in [5.41, 5.74) is 5.92. The lowest BCUT2D eigenvalue weighted by atomic mass is 10.3. The molecule has 5 nitrogen and oxygen atoms in total. The molecule has 0 aliphatic heterocycles. The number of sulfonamides is 1. The van der Waals surface area contributed by atoms with Crippen molar-refractivity contribution in [1.82, 2.24) is 4.31 Å². The Bertz CT molecular complexity index is 490. The highest BCUT2D eigenvalue weighted by molar-refractivity contribution is 9.10. The van der Waals surface area contributed by atoms with Crippen LogP contribution in [0.3, 0.4) is 0 Å². The highest BCUT2D eigenvalue weighted by Gasteiger charge is 2.23. The molecular weight excluding hydrogens is 308 g/mol. The number of benzene rings is 1. The summed E-state index contributed by atoms with van der Waals surface area (Å²) in [7, 11) is -0.550. The van der Waals surface area contributed by atoms with Crippen LogP contribution < -0.4 is 5.73 Å². The van der Waals surface area contributed by atoms with Gasteiger partial charge in [-0.05, 0) is 18.2 Å². The zero-order chi connectivity index (χ0) is 13.1. The summed E-state index contributed by atoms with van der Waals surface area (Å²) < 4.78 is 31.1. The van der Waals surface area contributed by atoms with Crippen LogP contribution in [-0.4, -0.2) is 40.0 Å². The second-order valence-electron chi connectivity index (χ2n) is 3.50. The number of nitrogen functional groups attached to an aromatic ring is 1. The first-order valence-corrected chi connectivity index (χ1v) is 7.13. The lowest BCUT2D eigenvalue weighted by Gasteiger charge is -2.18. The smallest absolute Gasteiger partial charge is 0.244 e. The molecule has 0 unspecified atom stereocenters. The van der Waals surface area contributed by atoms with Gasteiger partial charge in [-0.1, -0.05) is 15.9 Å². The van der Waals surface area contributed by atoms with E-state index < -0.39 is 10.0 Å². The van der Waals surface area contributed by atoms with Gasteiger partial charge in [-0.3, -0.25) is 0 Å². The van der Waals surface area contributed by atoms with E-state index >= 15 is 0 Å². The van der Waals surface area contributed by atoms with Gasteiger partial charge in [-0.15, -0.1) is 0 Å². The molecule has 0 aromatic heterocycles. The van der Waals surface area contributed by atoms with Gasteiger partial charge in [0.15, 0.2) is 0 Å². The van der Waals surface area contributed by atoms with E-state index in [1.54, 1.807) is 12.1 Å². The lowest BCUT2D eigenvalue weighted by molar-refractivity contribution is 0.185. The van der Waals surface area contributed by atoms with E-state index in [9.17, 15) is 8.42 Å². The number of hydrogen-bond donors (Lipinski definition) is 1. The predicted octanol–water partition coefficient (Wildman–Crippen LogP) is 1.30. The number of likely N-dealkylation sites (N-methyl/N-ethyl adjacent to an activating group) is 1. The third kappa shape index (κ3) is 3.41. The van der Waals surface area contributed by atoms with Crippen molar-refractivity contribution < 1.29 is 13.2 Å². The van der Waals surface area contributed by atoms with Crippen LogP contribution in [0.25, 0.3) is 0 Å². The standard InChI is InChI=1S/C10H15BrN2O3S/c1-13(5-6-16-2)17(14,15)10-7-8(11)3-4-9(10)12/h3-4,7H,5-6,12H2,1-2H3. The molecule has 0 atom stereocenters. The molecule has 0 saturated heterocycles. The molecule has 17 heavy (non-hydrogen) atoms. The van der Waals surface area contributed by atoms with Crippen LogP contribution in [0.2, 0.25) is 0 Å². The summed E-state index contributed by atoms with van der Waals surface area (Å²) in [6.45, 7) is 0.619. The van der Waals surface area contributed by atoms with Gasteiger partial charge in [-0.2, -0.15) is 4.31 Å². The Morgan fingerprint density at radius 2 is 2.12 bits per heavy atom. The van der Waals surface area contributed by atoms with Gasteiger partial charge in [0.2, 0.25) is 10.0 Å². The van der Waals surface area contributed by atoms with E-state index in [1.165, 1.54) is 24.5 Å². The molecule has 0 spiro atoms. The normalized spacial score (nSPS) is 12.0. The van der Waals surface area contributed by atoms with Crippen molar-refractivity contribution in [3.05, 3.63) is 22.7 Å². The number of rotatable bonds is 5. The first-order chi connectivity index (χ1) is 7.89. The van der Waals surface area contributed by atoms with Crippen LogP contribution in [0.1, 0.15) is 0 Å². The fourth-order valence-electron chi connectivity index (χ4n) is 1.24. The maximum atomic E-state index is 12.2. The fraction of sp³-hybridized carbons (Fsp3) is 0.400. The van der Waals surface area contributed by atoms with Crippen molar-refractivity contribution >= 4 is 31.6 Å². The largest absolute Gasteiger partial charge is 0.398 e. The van der Waals surface area contributed by atoms with Crippen LogP contribution in [0.5, 0.6) is 0 Å². The van der Waals surface area contributed by atoms with Crippen molar-refractivity contribution in [2.45, 2.75) is 4.90 Å². The van der Waals surface area contributed by atoms with E-state index in [0.717, 1.165) is 0 Å². The van der Waals surface area contributed by atoms with E-state index in [1.807, 2.05) is 0 Å². The third-order valence-corrected chi connectivity index (χ3v) is 4.68. The van der Waals surface area contributed by atoms with E-state index in [-0.39, 0.29) is 17.1 Å². The molecule has 0 aliphatic rings. The highest BCUT2D eigenvalue weighted by Crippen LogP contribution is 2.25. The number of methoxy groups -OCH3 is 1. The van der Waals surface area contributed by atoms with Gasteiger partial charge in [-0.25, -0.2) is 8.42 Å². The number of hydrogen-bond acceptors (Lipinski definition) is 4. The van der Waals surface area contributed by atoms with Crippen molar-refractivity contribution in [1.29, 1.82) is 0 Å². The zero-order valence-electron chi connectivity index (χ0n) is 9.68. The Balaban J connectivity index is 3.08. The Morgan fingerprint density at radius 1 is 1.47 bits per heavy atom. The molecule has 96 valence electrons. The summed E-state index contributed by atoms with van der Waals surface area (Å²) in [6, 6.07) is 4.75. The van der Waals surface area contributed by atoms with E-state index in [2.05, 4.69) is 15.9 Å². The number of nitrogens with two attached hydrogens (primary N) is 1. The second-order valence-corrected chi connectivity index (χ2v) is 6.43. The first kappa shape index (κ1) is 14.4. The maximum Gasteiger partial charge on any atom is 0.244 e. The van der Waals surface area contributed by atoms with Gasteiger partial charge < -0.3 is 10.5 Å². The van der Waals surface area contributed by atoms with Gasteiger partial charge in [0.1, 0.15) is 4.90 Å². The maximum absolute atomic E-state index is 12.2. The summed E-state index contributed by atoms with van der Waals surface area (Å²) in [6.07, 6.45) is 0. The molecule has 0 amide bonds. The number of halogens is 1. The first-order valence-electron chi connectivity index (χ1n) is 4.90. The van der Waals surface area contributed by atoms with Gasteiger partial charge in [0.05, 0.1) is 12.3 Å². The van der Waals surface area contributed by atoms with Crippen molar-refractivity contribution in [2.24, 2.45) is 0 Å². The van der Waals surface area contributed by atoms with Gasteiger partial charge >= 0.3 is 0 Å². The summed E-state index contributed by atoms with van der Waals surface area (Å²) >= 11 is 3.23. The number of anilines is 1. The van der Waals surface area contributed by atoms with Crippen LogP contribution in [0, 0.1) is 0 Å². The molecule has 1 rings (SSSR count). The van der Waals surface area contributed by atoms with E-state index in [0.29, 0.717) is 11.1 Å². The van der Waals surface area contributed by atoms with Crippen molar-refractivity contribution in [3.63, 3.8) is 0 Å². The Morgan fingerprint density at radius 3 is 2.71 bits per heavy atom. The quantitative estimate of drug-likeness (QED) is 0.829. The molecule has 0 radical (unpaired) electrons. The molecule has 1 aromatic rings. The van der Waals surface area contributed by atoms with Crippen molar-refractivity contribution in [2.75, 3.05) is 33.0 Å². The van der Waals surface area contributed by atoms with Crippen LogP contribution in [0.15, 0.2) is 27.6 Å². The minimum atomic E-state index is -3.57. The molecule has 0 fully saturated rings. The minimum Gasteiger partial charge on any atom is -0.398 e. The van der Waals surface area contributed by atoms with Gasteiger partial charge in [0.25, 0.3) is 0 Å². The monoisotopic (exact) mass is 322 g/mol. The molecule has 0 bridgehead atoms. The zero-order valence-corrected chi connectivity index (χ0v) is 12.1. The fourth-order valence-corrected chi connectivity index (χ4v) is 3.04. The summed E-state index contributed by atoms with van der Waals surface area (Å²) in [5, 5.41) is 0. The molecular formula is C10H15BrN2O3S. The molecule has 0 saturated carbocycles. The Kier molecular flexibility index (Phi) is 4.93. The van der Waals surface area contributed by atoms with Crippen molar-refractivity contribution in [3.8, 4) is 0 Å². The second kappa shape index (κ2) is 5.81. The molecule has 0 aliphatic carbocycles. The topological polar surface area (TPSA) is 72.6 Å². The third-order valence-electron chi connectivity index (χ3n) is 2.27. The van der Waals surface area contributed by atoms with Crippen LogP contribution in [0.4, 0.5) is 5.69 Å². The van der Waals surface area contributed by atoms with Crippen LogP contribution in [-0.2, 0) is 14.8 Å². The lowest BCUT2D eigenvalue weighted by Crippen LogP contribution is -2.30. The molecule has 1 aromatic carbocycles. The minimum absolute atomic E-state index is 0.102. The van der Waals surface area contributed by atoms with Crippen LogP contribution >= 0.6 is 15.9 Å². The Hall–Kier alpha value is -0.630. The molecule has 7 heteroatoms. The predicted molar refractivity (Wildman–Crippen MR) is 70.2 cm³/mol.